The highest BCUT2D eigenvalue weighted by molar-refractivity contribution is 9.10. The number of nitrogens with two attached hydrogens (primary N) is 1. The predicted molar refractivity (Wildman–Crippen MR) is 66.6 cm³/mol. The van der Waals surface area contributed by atoms with Crippen molar-refractivity contribution >= 4 is 15.9 Å². The molecular weight excluding hydrogens is 273 g/mol. The van der Waals surface area contributed by atoms with Gasteiger partial charge in [0.1, 0.15) is 5.82 Å². The van der Waals surface area contributed by atoms with E-state index in [4.69, 9.17) is 10.5 Å². The summed E-state index contributed by atoms with van der Waals surface area (Å²) in [5.74, 6) is -0.228. The van der Waals surface area contributed by atoms with Crippen LogP contribution in [0.5, 0.6) is 0 Å². The topological polar surface area (TPSA) is 35.2 Å². The van der Waals surface area contributed by atoms with Crippen molar-refractivity contribution in [3.8, 4) is 0 Å². The monoisotopic (exact) mass is 289 g/mol. The Kier molecular flexibility index (Phi) is 5.95. The van der Waals surface area contributed by atoms with Crippen molar-refractivity contribution in [1.82, 2.24) is 0 Å². The van der Waals surface area contributed by atoms with Crippen LogP contribution in [0.4, 0.5) is 4.39 Å². The fourth-order valence-electron chi connectivity index (χ4n) is 1.37. The first-order valence-corrected chi connectivity index (χ1v) is 6.18. The zero-order chi connectivity index (χ0) is 12.0. The van der Waals surface area contributed by atoms with Crippen LogP contribution < -0.4 is 5.73 Å². The number of halogens is 2. The molecule has 0 radical (unpaired) electrons. The first kappa shape index (κ1) is 13.6. The van der Waals surface area contributed by atoms with E-state index in [1.807, 2.05) is 6.92 Å². The smallest absolute Gasteiger partial charge is 0.128 e. The van der Waals surface area contributed by atoms with Crippen LogP contribution in [0.25, 0.3) is 0 Å². The van der Waals surface area contributed by atoms with E-state index in [0.717, 1.165) is 17.3 Å². The molecule has 1 atom stereocenters. The second-order valence-corrected chi connectivity index (χ2v) is 4.70. The Hall–Kier alpha value is -0.450. The Morgan fingerprint density at radius 3 is 2.94 bits per heavy atom. The van der Waals surface area contributed by atoms with Crippen LogP contribution in [-0.4, -0.2) is 12.6 Å². The van der Waals surface area contributed by atoms with Gasteiger partial charge in [-0.3, -0.25) is 0 Å². The van der Waals surface area contributed by atoms with Crippen LogP contribution >= 0.6 is 15.9 Å². The number of benzene rings is 1. The fraction of sp³-hybridized carbons (Fsp3) is 0.500. The Labute approximate surface area is 104 Å². The lowest BCUT2D eigenvalue weighted by Gasteiger charge is -2.13. The summed E-state index contributed by atoms with van der Waals surface area (Å²) in [5, 5.41) is 0. The molecule has 90 valence electrons. The third kappa shape index (κ3) is 4.60. The largest absolute Gasteiger partial charge is 0.374 e. The van der Waals surface area contributed by atoms with Crippen molar-refractivity contribution in [2.24, 2.45) is 5.73 Å². The van der Waals surface area contributed by atoms with Crippen LogP contribution in [0, 0.1) is 5.82 Å². The van der Waals surface area contributed by atoms with Gasteiger partial charge in [0.15, 0.2) is 0 Å². The molecule has 1 aromatic rings. The van der Waals surface area contributed by atoms with Crippen molar-refractivity contribution in [3.05, 3.63) is 34.1 Å². The van der Waals surface area contributed by atoms with Gasteiger partial charge in [-0.05, 0) is 44.5 Å². The summed E-state index contributed by atoms with van der Waals surface area (Å²) in [7, 11) is 0. The zero-order valence-corrected chi connectivity index (χ0v) is 11.0. The first-order chi connectivity index (χ1) is 7.63. The lowest BCUT2D eigenvalue weighted by atomic mass is 10.2. The standard InChI is InChI=1S/C12H17BrFNO/c1-9(3-2-6-15)16-8-10-7-11(13)4-5-12(10)14/h4-5,7,9H,2-3,6,8,15H2,1H3. The summed E-state index contributed by atoms with van der Waals surface area (Å²) in [6.07, 6.45) is 1.95. The van der Waals surface area contributed by atoms with Crippen molar-refractivity contribution in [3.63, 3.8) is 0 Å². The van der Waals surface area contributed by atoms with Gasteiger partial charge in [0.05, 0.1) is 12.7 Å². The molecule has 1 unspecified atom stereocenters. The molecule has 0 saturated heterocycles. The fourth-order valence-corrected chi connectivity index (χ4v) is 1.78. The number of hydrogen-bond acceptors (Lipinski definition) is 2. The quantitative estimate of drug-likeness (QED) is 0.873. The average Bonchev–Trinajstić information content (AvgIpc) is 2.27. The molecule has 0 fully saturated rings. The molecule has 0 aliphatic heterocycles. The Morgan fingerprint density at radius 2 is 2.25 bits per heavy atom. The number of rotatable bonds is 6. The van der Waals surface area contributed by atoms with Crippen LogP contribution in [0.1, 0.15) is 25.3 Å². The van der Waals surface area contributed by atoms with Gasteiger partial charge in [-0.2, -0.15) is 0 Å². The van der Waals surface area contributed by atoms with Crippen LogP contribution in [0.15, 0.2) is 22.7 Å². The molecule has 0 saturated carbocycles. The first-order valence-electron chi connectivity index (χ1n) is 5.39. The Morgan fingerprint density at radius 1 is 1.50 bits per heavy atom. The van der Waals surface area contributed by atoms with E-state index in [2.05, 4.69) is 15.9 Å². The van der Waals surface area contributed by atoms with Gasteiger partial charge in [-0.1, -0.05) is 15.9 Å². The minimum atomic E-state index is -0.228. The maximum absolute atomic E-state index is 13.4. The zero-order valence-electron chi connectivity index (χ0n) is 9.38. The van der Waals surface area contributed by atoms with E-state index in [1.54, 1.807) is 12.1 Å². The van der Waals surface area contributed by atoms with Crippen LogP contribution in [0.3, 0.4) is 0 Å². The summed E-state index contributed by atoms with van der Waals surface area (Å²) in [5.41, 5.74) is 5.98. The molecular formula is C12H17BrFNO. The summed E-state index contributed by atoms with van der Waals surface area (Å²) in [6.45, 7) is 2.95. The predicted octanol–water partition coefficient (Wildman–Crippen LogP) is 3.23. The van der Waals surface area contributed by atoms with E-state index in [1.165, 1.54) is 6.07 Å². The van der Waals surface area contributed by atoms with Crippen molar-refractivity contribution in [2.75, 3.05) is 6.54 Å². The maximum Gasteiger partial charge on any atom is 0.128 e. The minimum Gasteiger partial charge on any atom is -0.374 e. The Balaban J connectivity index is 2.44. The molecule has 2 nitrogen and oxygen atoms in total. The summed E-state index contributed by atoms with van der Waals surface area (Å²) >= 11 is 3.31. The second-order valence-electron chi connectivity index (χ2n) is 3.79. The highest BCUT2D eigenvalue weighted by atomic mass is 79.9. The molecule has 0 aliphatic carbocycles. The van der Waals surface area contributed by atoms with Gasteiger partial charge >= 0.3 is 0 Å². The molecule has 16 heavy (non-hydrogen) atoms. The molecule has 0 amide bonds. The van der Waals surface area contributed by atoms with Gasteiger partial charge in [-0.15, -0.1) is 0 Å². The van der Waals surface area contributed by atoms with Crippen molar-refractivity contribution in [1.29, 1.82) is 0 Å². The SMILES string of the molecule is CC(CCCN)OCc1cc(Br)ccc1F. The normalized spacial score (nSPS) is 12.8. The minimum absolute atomic E-state index is 0.113. The number of ether oxygens (including phenoxy) is 1. The third-order valence-electron chi connectivity index (χ3n) is 2.35. The average molecular weight is 290 g/mol. The molecule has 0 spiro atoms. The summed E-state index contributed by atoms with van der Waals surface area (Å²) < 4.78 is 19.8. The van der Waals surface area contributed by atoms with Gasteiger partial charge in [-0.25, -0.2) is 4.39 Å². The molecule has 0 aliphatic rings. The molecule has 0 aromatic heterocycles. The molecule has 1 aromatic carbocycles. The maximum atomic E-state index is 13.4. The van der Waals surface area contributed by atoms with E-state index in [9.17, 15) is 4.39 Å². The van der Waals surface area contributed by atoms with Crippen molar-refractivity contribution in [2.45, 2.75) is 32.5 Å². The van der Waals surface area contributed by atoms with E-state index in [0.29, 0.717) is 18.7 Å². The van der Waals surface area contributed by atoms with E-state index >= 15 is 0 Å². The highest BCUT2D eigenvalue weighted by Gasteiger charge is 2.06. The summed E-state index contributed by atoms with van der Waals surface area (Å²) in [4.78, 5) is 0. The second kappa shape index (κ2) is 6.99. The van der Waals surface area contributed by atoms with E-state index < -0.39 is 0 Å². The van der Waals surface area contributed by atoms with Gasteiger partial charge < -0.3 is 10.5 Å². The lowest BCUT2D eigenvalue weighted by molar-refractivity contribution is 0.0451. The molecule has 4 heteroatoms. The highest BCUT2D eigenvalue weighted by Crippen LogP contribution is 2.17. The van der Waals surface area contributed by atoms with Gasteiger partial charge in [0.2, 0.25) is 0 Å². The third-order valence-corrected chi connectivity index (χ3v) is 2.84. The van der Waals surface area contributed by atoms with Gasteiger partial charge in [0, 0.05) is 10.0 Å². The van der Waals surface area contributed by atoms with Crippen molar-refractivity contribution < 1.29 is 9.13 Å². The summed E-state index contributed by atoms with van der Waals surface area (Å²) in [6, 6.07) is 4.86. The van der Waals surface area contributed by atoms with Gasteiger partial charge in [0.25, 0.3) is 0 Å². The lowest BCUT2D eigenvalue weighted by Crippen LogP contribution is -2.11. The number of hydrogen-bond donors (Lipinski definition) is 1. The van der Waals surface area contributed by atoms with E-state index in [-0.39, 0.29) is 11.9 Å². The molecule has 1 rings (SSSR count). The molecule has 2 N–H and O–H groups in total. The van der Waals surface area contributed by atoms with Crippen LogP contribution in [0.2, 0.25) is 0 Å². The Bertz CT molecular complexity index is 333. The van der Waals surface area contributed by atoms with Crippen LogP contribution in [-0.2, 0) is 11.3 Å². The molecule has 0 heterocycles. The molecule has 0 bridgehead atoms.